The number of fused-ring (bicyclic) bond motifs is 1. The third-order valence-corrected chi connectivity index (χ3v) is 8.89. The molecule has 0 radical (unpaired) electrons. The van der Waals surface area contributed by atoms with Gasteiger partial charge in [-0.3, -0.25) is 9.69 Å². The Labute approximate surface area is 189 Å². The molecule has 0 aliphatic carbocycles. The topological polar surface area (TPSA) is 84.7 Å². The second-order valence-corrected chi connectivity index (χ2v) is 17.7. The lowest BCUT2D eigenvalue weighted by molar-refractivity contribution is 0.00996. The lowest BCUT2D eigenvalue weighted by Crippen LogP contribution is -2.54. The number of aromatic nitrogens is 2. The molecule has 2 atom stereocenters. The Bertz CT molecular complexity index is 972. The van der Waals surface area contributed by atoms with E-state index in [1.165, 1.54) is 11.3 Å². The summed E-state index contributed by atoms with van der Waals surface area (Å²) >= 11 is 1.34. The molecule has 0 spiro atoms. The number of rotatable bonds is 7. The third kappa shape index (κ3) is 4.45. The molecule has 2 aromatic rings. The number of aldehydes is 1. The molecular formula is C22H35N3O4SSi. The van der Waals surface area contributed by atoms with E-state index < -0.39 is 19.7 Å². The fourth-order valence-electron chi connectivity index (χ4n) is 4.62. The average Bonchev–Trinajstić information content (AvgIpc) is 3.28. The Morgan fingerprint density at radius 2 is 2.10 bits per heavy atom. The second-order valence-electron chi connectivity index (χ2n) is 11.0. The highest BCUT2D eigenvalue weighted by atomic mass is 32.1. The number of nitrogens with zero attached hydrogens (tertiary/aromatic N) is 3. The second kappa shape index (κ2) is 8.33. The number of imidazole rings is 1. The first kappa shape index (κ1) is 23.9. The molecule has 172 valence electrons. The van der Waals surface area contributed by atoms with Crippen molar-refractivity contribution in [3.63, 3.8) is 0 Å². The molecule has 1 aliphatic rings. The minimum Gasteiger partial charge on any atom is -0.465 e. The Kier molecular flexibility index (Phi) is 6.43. The van der Waals surface area contributed by atoms with Crippen LogP contribution in [0.15, 0.2) is 6.07 Å². The predicted octanol–water partition coefficient (Wildman–Crippen LogP) is 5.48. The van der Waals surface area contributed by atoms with Gasteiger partial charge in [0, 0.05) is 21.2 Å². The van der Waals surface area contributed by atoms with E-state index in [-0.39, 0.29) is 11.3 Å². The van der Waals surface area contributed by atoms with Gasteiger partial charge >= 0.3 is 6.09 Å². The Morgan fingerprint density at radius 1 is 1.42 bits per heavy atom. The molecular weight excluding hydrogens is 430 g/mol. The summed E-state index contributed by atoms with van der Waals surface area (Å²) in [5.41, 5.74) is -0.322. The highest BCUT2D eigenvalue weighted by molar-refractivity contribution is 7.20. The molecule has 1 aliphatic heterocycles. The van der Waals surface area contributed by atoms with Gasteiger partial charge in [-0.15, -0.1) is 11.3 Å². The maximum atomic E-state index is 12.3. The molecule has 2 aromatic heterocycles. The van der Waals surface area contributed by atoms with Crippen LogP contribution in [0, 0.1) is 11.3 Å². The van der Waals surface area contributed by atoms with E-state index >= 15 is 0 Å². The van der Waals surface area contributed by atoms with Crippen LogP contribution in [0.5, 0.6) is 0 Å². The molecule has 0 aromatic carbocycles. The molecule has 1 fully saturated rings. The maximum Gasteiger partial charge on any atom is 0.408 e. The first-order chi connectivity index (χ1) is 14.3. The molecule has 1 saturated heterocycles. The van der Waals surface area contributed by atoms with Crippen molar-refractivity contribution in [2.24, 2.45) is 11.3 Å². The van der Waals surface area contributed by atoms with Crippen LogP contribution >= 0.6 is 11.3 Å². The smallest absolute Gasteiger partial charge is 0.408 e. The van der Waals surface area contributed by atoms with Crippen LogP contribution < -0.4 is 0 Å². The fraction of sp³-hybridized carbons (Fsp3) is 0.682. The van der Waals surface area contributed by atoms with Gasteiger partial charge in [0.05, 0.1) is 10.4 Å². The average molecular weight is 466 g/mol. The van der Waals surface area contributed by atoms with Crippen molar-refractivity contribution < 1.29 is 19.4 Å². The van der Waals surface area contributed by atoms with E-state index in [1.807, 2.05) is 10.6 Å². The zero-order valence-electron chi connectivity index (χ0n) is 19.7. The number of carboxylic acid groups (broad SMARTS) is 1. The van der Waals surface area contributed by atoms with Crippen molar-refractivity contribution in [2.45, 2.75) is 72.1 Å². The van der Waals surface area contributed by atoms with Crippen LogP contribution in [0.4, 0.5) is 4.79 Å². The number of likely N-dealkylation sites (tertiary alicyclic amines) is 1. The molecule has 3 heterocycles. The molecule has 1 amide bonds. The highest BCUT2D eigenvalue weighted by Gasteiger charge is 2.58. The van der Waals surface area contributed by atoms with Gasteiger partial charge in [0.2, 0.25) is 0 Å². The molecule has 0 unspecified atom stereocenters. The summed E-state index contributed by atoms with van der Waals surface area (Å²) in [5.74, 6) is 0.940. The predicted molar refractivity (Wildman–Crippen MR) is 127 cm³/mol. The summed E-state index contributed by atoms with van der Waals surface area (Å²) in [6.07, 6.45) is 0.608. The van der Waals surface area contributed by atoms with Crippen LogP contribution in [0.3, 0.4) is 0 Å². The lowest BCUT2D eigenvalue weighted by Gasteiger charge is -2.46. The quantitative estimate of drug-likeness (QED) is 0.332. The van der Waals surface area contributed by atoms with Gasteiger partial charge in [-0.1, -0.05) is 47.3 Å². The van der Waals surface area contributed by atoms with Crippen molar-refractivity contribution >= 4 is 42.1 Å². The van der Waals surface area contributed by atoms with Crippen molar-refractivity contribution in [2.75, 3.05) is 13.2 Å². The van der Waals surface area contributed by atoms with Crippen molar-refractivity contribution in [1.29, 1.82) is 0 Å². The summed E-state index contributed by atoms with van der Waals surface area (Å²) in [7, 11) is -1.23. The number of hydrogen-bond donors (Lipinski definition) is 1. The van der Waals surface area contributed by atoms with Crippen molar-refractivity contribution in [3.05, 3.63) is 16.8 Å². The van der Waals surface area contributed by atoms with Crippen molar-refractivity contribution in [1.82, 2.24) is 14.5 Å². The largest absolute Gasteiger partial charge is 0.465 e. The fourth-order valence-corrected chi connectivity index (χ4v) is 6.22. The number of thiophene rings is 1. The van der Waals surface area contributed by atoms with Crippen LogP contribution in [0.2, 0.25) is 25.7 Å². The zero-order valence-corrected chi connectivity index (χ0v) is 21.5. The molecule has 31 heavy (non-hydrogen) atoms. The number of carbonyl (C=O) groups is 2. The van der Waals surface area contributed by atoms with Gasteiger partial charge < -0.3 is 14.4 Å². The van der Waals surface area contributed by atoms with Gasteiger partial charge in [0.1, 0.15) is 22.9 Å². The molecule has 9 heteroatoms. The van der Waals surface area contributed by atoms with E-state index in [0.29, 0.717) is 31.2 Å². The number of ether oxygens (including phenoxy) is 1. The van der Waals surface area contributed by atoms with E-state index in [2.05, 4.69) is 47.3 Å². The van der Waals surface area contributed by atoms with Gasteiger partial charge in [-0.05, 0) is 29.9 Å². The molecule has 3 rings (SSSR count). The SMILES string of the molecule is C[C@@H]1CN(C(=O)O)[C@](c2nc3sc(C=O)cc3n2COCC[Si](C)(C)C)(C(C)(C)C)C1. The molecule has 0 saturated carbocycles. The number of hydrogen-bond acceptors (Lipinski definition) is 5. The maximum absolute atomic E-state index is 12.3. The normalized spacial score (nSPS) is 22.4. The van der Waals surface area contributed by atoms with Gasteiger partial charge in [0.15, 0.2) is 6.29 Å². The highest BCUT2D eigenvalue weighted by Crippen LogP contribution is 2.53. The summed E-state index contributed by atoms with van der Waals surface area (Å²) in [5, 5.41) is 10.1. The number of carbonyl (C=O) groups excluding carboxylic acids is 1. The summed E-state index contributed by atoms with van der Waals surface area (Å²) < 4.78 is 8.10. The van der Waals surface area contributed by atoms with Gasteiger partial charge in [0.25, 0.3) is 0 Å². The lowest BCUT2D eigenvalue weighted by atomic mass is 9.70. The summed E-state index contributed by atoms with van der Waals surface area (Å²) in [6.45, 7) is 16.7. The van der Waals surface area contributed by atoms with Gasteiger partial charge in [-0.25, -0.2) is 9.78 Å². The summed E-state index contributed by atoms with van der Waals surface area (Å²) in [4.78, 5) is 31.6. The van der Waals surface area contributed by atoms with Crippen LogP contribution in [-0.4, -0.2) is 53.2 Å². The first-order valence-electron chi connectivity index (χ1n) is 10.8. The minimum absolute atomic E-state index is 0.219. The Morgan fingerprint density at radius 3 is 2.65 bits per heavy atom. The first-order valence-corrected chi connectivity index (χ1v) is 15.4. The van der Waals surface area contributed by atoms with E-state index in [0.717, 1.165) is 28.5 Å². The number of amides is 1. The van der Waals surface area contributed by atoms with Crippen molar-refractivity contribution in [3.8, 4) is 0 Å². The van der Waals surface area contributed by atoms with E-state index in [4.69, 9.17) is 9.72 Å². The Balaban J connectivity index is 2.13. The standard InChI is InChI=1S/C22H35N3O4SSi/c1-15-11-22(21(2,3)4,25(12-15)20(27)28)19-23-18-17(10-16(13-26)30-18)24(19)14-29-8-9-31(5,6)7/h10,13,15H,8-9,11-12,14H2,1-7H3,(H,27,28)/t15-,22+/m0/s1. The van der Waals surface area contributed by atoms with Crippen LogP contribution in [0.1, 0.15) is 49.6 Å². The van der Waals surface area contributed by atoms with E-state index in [1.54, 1.807) is 4.90 Å². The van der Waals surface area contributed by atoms with Crippen LogP contribution in [-0.2, 0) is 17.0 Å². The molecule has 0 bridgehead atoms. The third-order valence-electron chi connectivity index (χ3n) is 6.24. The zero-order chi connectivity index (χ0) is 23.2. The minimum atomic E-state index is -1.23. The van der Waals surface area contributed by atoms with E-state index in [9.17, 15) is 14.7 Å². The Hall–Kier alpha value is -1.71. The monoisotopic (exact) mass is 465 g/mol. The molecule has 1 N–H and O–H groups in total. The summed E-state index contributed by atoms with van der Waals surface area (Å²) in [6, 6.07) is 2.89. The molecule has 7 nitrogen and oxygen atoms in total. The van der Waals surface area contributed by atoms with Gasteiger partial charge in [-0.2, -0.15) is 0 Å². The van der Waals surface area contributed by atoms with Crippen LogP contribution in [0.25, 0.3) is 10.3 Å².